The molecule has 0 aliphatic rings. The van der Waals surface area contributed by atoms with Crippen LogP contribution in [-0.4, -0.2) is 42.7 Å². The second-order valence-corrected chi connectivity index (χ2v) is 4.29. The Bertz CT molecular complexity index is 528. The molecule has 0 radical (unpaired) electrons. The molecule has 1 aromatic carbocycles. The number of carbonyl (C=O) groups excluding carboxylic acids is 2. The zero-order chi connectivity index (χ0) is 15.8. The Morgan fingerprint density at radius 2 is 2.05 bits per heavy atom. The number of hydrogen-bond donors (Lipinski definition) is 2. The fourth-order valence-electron chi connectivity index (χ4n) is 1.64. The van der Waals surface area contributed by atoms with Gasteiger partial charge in [-0.15, -0.1) is 0 Å². The zero-order valence-corrected chi connectivity index (χ0v) is 11.8. The van der Waals surface area contributed by atoms with Crippen molar-refractivity contribution < 1.29 is 29.0 Å². The van der Waals surface area contributed by atoms with Crippen LogP contribution in [0.2, 0.25) is 0 Å². The lowest BCUT2D eigenvalue weighted by Crippen LogP contribution is -2.44. The monoisotopic (exact) mass is 295 g/mol. The number of rotatable bonds is 7. The number of carboxylic acid groups (broad SMARTS) is 1. The van der Waals surface area contributed by atoms with Crippen LogP contribution < -0.4 is 10.1 Å². The van der Waals surface area contributed by atoms with Gasteiger partial charge in [0.2, 0.25) is 0 Å². The Morgan fingerprint density at radius 3 is 2.62 bits per heavy atom. The molecular weight excluding hydrogens is 278 g/mol. The molecule has 0 saturated heterocycles. The average molecular weight is 295 g/mol. The Morgan fingerprint density at radius 1 is 1.33 bits per heavy atom. The fourth-order valence-corrected chi connectivity index (χ4v) is 1.64. The van der Waals surface area contributed by atoms with E-state index in [1.54, 1.807) is 24.3 Å². The van der Waals surface area contributed by atoms with Crippen LogP contribution in [0.5, 0.6) is 5.75 Å². The summed E-state index contributed by atoms with van der Waals surface area (Å²) in [5.74, 6) is -1.85. The molecule has 0 aliphatic carbocycles. The van der Waals surface area contributed by atoms with Crippen LogP contribution in [0.15, 0.2) is 24.3 Å². The topological polar surface area (TPSA) is 102 Å². The molecule has 7 heteroatoms. The van der Waals surface area contributed by atoms with Gasteiger partial charge in [-0.25, -0.2) is 4.79 Å². The van der Waals surface area contributed by atoms with E-state index in [0.717, 1.165) is 6.92 Å². The van der Waals surface area contributed by atoms with Crippen molar-refractivity contribution in [3.63, 3.8) is 0 Å². The maximum atomic E-state index is 11.5. The highest BCUT2D eigenvalue weighted by atomic mass is 16.5. The number of hydrogen-bond acceptors (Lipinski definition) is 5. The van der Waals surface area contributed by atoms with Crippen molar-refractivity contribution in [3.05, 3.63) is 29.8 Å². The number of carboxylic acids is 1. The highest BCUT2D eigenvalue weighted by molar-refractivity contribution is 5.85. The van der Waals surface area contributed by atoms with E-state index in [-0.39, 0.29) is 6.42 Å². The summed E-state index contributed by atoms with van der Waals surface area (Å²) in [6.07, 6.45) is 0.0956. The Kier molecular flexibility index (Phi) is 6.19. The third-order valence-electron chi connectivity index (χ3n) is 2.61. The molecule has 0 heterocycles. The van der Waals surface area contributed by atoms with Crippen LogP contribution in [0, 0.1) is 0 Å². The SMILES string of the molecule is COc1cccc(C[C@H](NC(=O)COC(C)=O)C(=O)O)c1. The molecule has 21 heavy (non-hydrogen) atoms. The van der Waals surface area contributed by atoms with Gasteiger partial charge in [-0.1, -0.05) is 12.1 Å². The summed E-state index contributed by atoms with van der Waals surface area (Å²) in [5.41, 5.74) is 0.703. The molecule has 1 rings (SSSR count). The lowest BCUT2D eigenvalue weighted by molar-refractivity contribution is -0.148. The normalized spacial score (nSPS) is 11.3. The quantitative estimate of drug-likeness (QED) is 0.705. The van der Waals surface area contributed by atoms with Crippen molar-refractivity contribution >= 4 is 17.8 Å². The average Bonchev–Trinajstić information content (AvgIpc) is 2.44. The number of esters is 1. The summed E-state index contributed by atoms with van der Waals surface area (Å²) in [4.78, 5) is 33.3. The first-order valence-electron chi connectivity index (χ1n) is 6.21. The van der Waals surface area contributed by atoms with Gasteiger partial charge in [0, 0.05) is 13.3 Å². The maximum absolute atomic E-state index is 11.5. The smallest absolute Gasteiger partial charge is 0.326 e. The van der Waals surface area contributed by atoms with Crippen LogP contribution >= 0.6 is 0 Å². The molecule has 0 aromatic heterocycles. The van der Waals surface area contributed by atoms with Crippen molar-refractivity contribution in [1.82, 2.24) is 5.32 Å². The highest BCUT2D eigenvalue weighted by Crippen LogP contribution is 2.14. The zero-order valence-electron chi connectivity index (χ0n) is 11.8. The van der Waals surface area contributed by atoms with Crippen molar-refractivity contribution in [3.8, 4) is 5.75 Å². The van der Waals surface area contributed by atoms with E-state index in [1.165, 1.54) is 7.11 Å². The van der Waals surface area contributed by atoms with E-state index >= 15 is 0 Å². The largest absolute Gasteiger partial charge is 0.497 e. The number of benzene rings is 1. The highest BCUT2D eigenvalue weighted by Gasteiger charge is 2.21. The van der Waals surface area contributed by atoms with Crippen molar-refractivity contribution in [2.45, 2.75) is 19.4 Å². The summed E-state index contributed by atoms with van der Waals surface area (Å²) >= 11 is 0. The van der Waals surface area contributed by atoms with Crippen LogP contribution in [0.1, 0.15) is 12.5 Å². The molecule has 0 unspecified atom stereocenters. The number of nitrogens with one attached hydrogen (secondary N) is 1. The maximum Gasteiger partial charge on any atom is 0.326 e. The predicted molar refractivity (Wildman–Crippen MR) is 72.9 cm³/mol. The lowest BCUT2D eigenvalue weighted by Gasteiger charge is -2.15. The van der Waals surface area contributed by atoms with Crippen LogP contribution in [0.3, 0.4) is 0 Å². The minimum absolute atomic E-state index is 0.0956. The first-order chi connectivity index (χ1) is 9.92. The molecule has 0 fully saturated rings. The second-order valence-electron chi connectivity index (χ2n) is 4.29. The van der Waals surface area contributed by atoms with Gasteiger partial charge in [0.05, 0.1) is 7.11 Å². The molecule has 0 bridgehead atoms. The molecule has 0 saturated carbocycles. The van der Waals surface area contributed by atoms with Gasteiger partial charge >= 0.3 is 11.9 Å². The summed E-state index contributed by atoms with van der Waals surface area (Å²) in [6.45, 7) is 0.662. The number of carbonyl (C=O) groups is 3. The molecule has 2 N–H and O–H groups in total. The molecule has 7 nitrogen and oxygen atoms in total. The van der Waals surface area contributed by atoms with Crippen LogP contribution in [0.25, 0.3) is 0 Å². The first kappa shape index (κ1) is 16.5. The van der Waals surface area contributed by atoms with Gasteiger partial charge in [0.15, 0.2) is 6.61 Å². The van der Waals surface area contributed by atoms with E-state index in [0.29, 0.717) is 11.3 Å². The summed E-state index contributed by atoms with van der Waals surface area (Å²) in [7, 11) is 1.51. The second kappa shape index (κ2) is 7.88. The van der Waals surface area contributed by atoms with Crippen molar-refractivity contribution in [1.29, 1.82) is 0 Å². The van der Waals surface area contributed by atoms with Gasteiger partial charge in [-0.05, 0) is 17.7 Å². The first-order valence-corrected chi connectivity index (χ1v) is 6.21. The fraction of sp³-hybridized carbons (Fsp3) is 0.357. The van der Waals surface area contributed by atoms with E-state index in [2.05, 4.69) is 10.1 Å². The Hall–Kier alpha value is -2.57. The van der Waals surface area contributed by atoms with Gasteiger partial charge < -0.3 is 19.9 Å². The van der Waals surface area contributed by atoms with Crippen LogP contribution in [0.4, 0.5) is 0 Å². The summed E-state index contributed by atoms with van der Waals surface area (Å²) in [5, 5.41) is 11.4. The van der Waals surface area contributed by atoms with Gasteiger partial charge in [0.25, 0.3) is 5.91 Å². The number of ether oxygens (including phenoxy) is 2. The van der Waals surface area contributed by atoms with Gasteiger partial charge in [-0.2, -0.15) is 0 Å². The van der Waals surface area contributed by atoms with E-state index < -0.39 is 30.5 Å². The van der Waals surface area contributed by atoms with Crippen LogP contribution in [-0.2, 0) is 25.5 Å². The minimum atomic E-state index is -1.17. The molecule has 1 amide bonds. The predicted octanol–water partition coefficient (Wildman–Crippen LogP) is 0.370. The molecule has 114 valence electrons. The molecule has 0 aliphatic heterocycles. The number of aliphatic carboxylic acids is 1. The lowest BCUT2D eigenvalue weighted by atomic mass is 10.1. The standard InChI is InChI=1S/C14H17NO6/c1-9(16)21-8-13(17)15-12(14(18)19)7-10-4-3-5-11(6-10)20-2/h3-6,12H,7-8H2,1-2H3,(H,15,17)(H,18,19)/t12-/m0/s1. The van der Waals surface area contributed by atoms with Gasteiger partial charge in [-0.3, -0.25) is 9.59 Å². The number of methoxy groups -OCH3 is 1. The Labute approximate surface area is 121 Å². The van der Waals surface area contributed by atoms with E-state index in [9.17, 15) is 14.4 Å². The summed E-state index contributed by atoms with van der Waals surface area (Å²) in [6, 6.07) is 5.78. The number of amides is 1. The molecule has 0 spiro atoms. The minimum Gasteiger partial charge on any atom is -0.497 e. The Balaban J connectivity index is 2.67. The third kappa shape index (κ3) is 5.94. The third-order valence-corrected chi connectivity index (χ3v) is 2.61. The summed E-state index contributed by atoms with van der Waals surface area (Å²) < 4.78 is 9.56. The van der Waals surface area contributed by atoms with E-state index in [1.807, 2.05) is 0 Å². The van der Waals surface area contributed by atoms with Crippen molar-refractivity contribution in [2.75, 3.05) is 13.7 Å². The van der Waals surface area contributed by atoms with E-state index in [4.69, 9.17) is 9.84 Å². The molecule has 1 atom stereocenters. The van der Waals surface area contributed by atoms with Gasteiger partial charge in [0.1, 0.15) is 11.8 Å². The molecule has 1 aromatic rings. The van der Waals surface area contributed by atoms with Crippen molar-refractivity contribution in [2.24, 2.45) is 0 Å². The molecular formula is C14H17NO6.